The molecule has 0 fully saturated rings. The van der Waals surface area contributed by atoms with Crippen LogP contribution in [0.1, 0.15) is 11.1 Å². The van der Waals surface area contributed by atoms with E-state index in [1.54, 1.807) is 60.7 Å². The first-order chi connectivity index (χ1) is 15.5. The fourth-order valence-corrected chi connectivity index (χ4v) is 2.50. The third-order valence-electron chi connectivity index (χ3n) is 4.15. The Morgan fingerprint density at radius 2 is 0.781 bits per heavy atom. The molecule has 32 heavy (non-hydrogen) atoms. The molecular formula is C26H18F4N2. The molecule has 0 radical (unpaired) electrons. The summed E-state index contributed by atoms with van der Waals surface area (Å²) >= 11 is 0. The number of halogens is 4. The highest BCUT2D eigenvalue weighted by Gasteiger charge is 1.97. The Hall–Kier alpha value is -4.06. The fraction of sp³-hybridized carbons (Fsp3) is 0. The molecular weight excluding hydrogens is 416 g/mol. The Morgan fingerprint density at radius 1 is 0.438 bits per heavy atom. The van der Waals surface area contributed by atoms with Gasteiger partial charge in [-0.3, -0.25) is 9.98 Å². The normalized spacial score (nSPS) is 10.9. The van der Waals surface area contributed by atoms with E-state index in [1.165, 1.54) is 48.8 Å². The van der Waals surface area contributed by atoms with Crippen molar-refractivity contribution in [3.63, 3.8) is 0 Å². The van der Waals surface area contributed by atoms with Crippen molar-refractivity contribution in [2.45, 2.75) is 0 Å². The Labute approximate surface area is 183 Å². The minimum atomic E-state index is -0.374. The maximum atomic E-state index is 13.2. The van der Waals surface area contributed by atoms with Crippen LogP contribution in [0, 0.1) is 23.3 Å². The molecule has 0 unspecified atom stereocenters. The van der Waals surface area contributed by atoms with Gasteiger partial charge in [0.25, 0.3) is 0 Å². The lowest BCUT2D eigenvalue weighted by Gasteiger charge is -1.95. The number of benzene rings is 4. The maximum Gasteiger partial charge on any atom is 0.148 e. The van der Waals surface area contributed by atoms with E-state index in [4.69, 9.17) is 0 Å². The number of aliphatic imine (C=N–C) groups is 2. The van der Waals surface area contributed by atoms with Crippen LogP contribution in [0.2, 0.25) is 0 Å². The summed E-state index contributed by atoms with van der Waals surface area (Å²) in [5.41, 5.74) is 1.99. The number of nitrogens with zero attached hydrogens (tertiary/aromatic N) is 2. The highest BCUT2D eigenvalue weighted by Crippen LogP contribution is 2.17. The Kier molecular flexibility index (Phi) is 8.03. The van der Waals surface area contributed by atoms with E-state index in [2.05, 4.69) is 9.98 Å². The molecule has 4 rings (SSSR count). The molecule has 0 heterocycles. The maximum absolute atomic E-state index is 13.2. The summed E-state index contributed by atoms with van der Waals surface area (Å²) in [5.74, 6) is -1.35. The predicted octanol–water partition coefficient (Wildman–Crippen LogP) is 7.43. The first kappa shape index (κ1) is 22.6. The van der Waals surface area contributed by atoms with Crippen LogP contribution in [0.3, 0.4) is 0 Å². The van der Waals surface area contributed by atoms with Crippen LogP contribution in [0.4, 0.5) is 28.9 Å². The SMILES string of the molecule is Fc1ccc(C=Nc2ccccc2F)cc1.Fc1ccc(C=Nc2ccccc2F)cc1. The first-order valence-electron chi connectivity index (χ1n) is 9.59. The van der Waals surface area contributed by atoms with Gasteiger partial charge < -0.3 is 0 Å². The van der Waals surface area contributed by atoms with Gasteiger partial charge in [0.2, 0.25) is 0 Å². The average molecular weight is 434 g/mol. The van der Waals surface area contributed by atoms with Gasteiger partial charge in [-0.2, -0.15) is 0 Å². The zero-order valence-electron chi connectivity index (χ0n) is 16.8. The molecule has 0 bridgehead atoms. The number of rotatable bonds is 4. The minimum absolute atomic E-state index is 0.270. The number of hydrogen-bond donors (Lipinski definition) is 0. The fourth-order valence-electron chi connectivity index (χ4n) is 2.50. The van der Waals surface area contributed by atoms with Crippen LogP contribution < -0.4 is 0 Å². The second-order valence-electron chi connectivity index (χ2n) is 6.52. The van der Waals surface area contributed by atoms with Crippen molar-refractivity contribution < 1.29 is 17.6 Å². The van der Waals surface area contributed by atoms with Crippen molar-refractivity contribution in [3.05, 3.63) is 131 Å². The molecule has 0 aromatic heterocycles. The Balaban J connectivity index is 0.000000181. The molecule has 4 aromatic carbocycles. The summed E-state index contributed by atoms with van der Waals surface area (Å²) in [6.45, 7) is 0. The van der Waals surface area contributed by atoms with E-state index in [0.29, 0.717) is 0 Å². The second-order valence-corrected chi connectivity index (χ2v) is 6.52. The van der Waals surface area contributed by atoms with Gasteiger partial charge >= 0.3 is 0 Å². The van der Waals surface area contributed by atoms with Crippen LogP contribution in [0.5, 0.6) is 0 Å². The van der Waals surface area contributed by atoms with Crippen molar-refractivity contribution in [1.82, 2.24) is 0 Å². The van der Waals surface area contributed by atoms with Gasteiger partial charge in [0.05, 0.1) is 11.4 Å². The molecule has 0 aliphatic heterocycles. The zero-order chi connectivity index (χ0) is 22.8. The van der Waals surface area contributed by atoms with Crippen molar-refractivity contribution >= 4 is 23.8 Å². The van der Waals surface area contributed by atoms with Crippen LogP contribution in [-0.4, -0.2) is 12.4 Å². The molecule has 0 spiro atoms. The molecule has 0 saturated carbocycles. The predicted molar refractivity (Wildman–Crippen MR) is 120 cm³/mol. The molecule has 6 heteroatoms. The van der Waals surface area contributed by atoms with Crippen LogP contribution in [0.25, 0.3) is 0 Å². The lowest BCUT2D eigenvalue weighted by molar-refractivity contribution is 0.627. The largest absolute Gasteiger partial charge is 0.253 e. The molecule has 0 saturated heterocycles. The van der Waals surface area contributed by atoms with Gasteiger partial charge in [-0.25, -0.2) is 17.6 Å². The lowest BCUT2D eigenvalue weighted by atomic mass is 10.2. The third kappa shape index (κ3) is 7.02. The van der Waals surface area contributed by atoms with E-state index in [0.717, 1.165) is 11.1 Å². The third-order valence-corrected chi connectivity index (χ3v) is 4.15. The quantitative estimate of drug-likeness (QED) is 0.236. The standard InChI is InChI=1S/2C13H9F2N/c2*14-11-7-5-10(6-8-11)9-16-13-4-2-1-3-12(13)15/h2*1-9H. The highest BCUT2D eigenvalue weighted by atomic mass is 19.1. The minimum Gasteiger partial charge on any atom is -0.253 e. The van der Waals surface area contributed by atoms with Crippen LogP contribution in [-0.2, 0) is 0 Å². The molecule has 4 aromatic rings. The lowest BCUT2D eigenvalue weighted by Crippen LogP contribution is -1.82. The number of hydrogen-bond acceptors (Lipinski definition) is 2. The monoisotopic (exact) mass is 434 g/mol. The summed E-state index contributed by atoms with van der Waals surface area (Å²) in [4.78, 5) is 7.97. The topological polar surface area (TPSA) is 24.7 Å². The van der Waals surface area contributed by atoms with E-state index >= 15 is 0 Å². The Bertz CT molecular complexity index is 1100. The van der Waals surface area contributed by atoms with Crippen LogP contribution >= 0.6 is 0 Å². The molecule has 0 amide bonds. The Morgan fingerprint density at radius 3 is 1.12 bits per heavy atom. The van der Waals surface area contributed by atoms with E-state index in [-0.39, 0.29) is 34.6 Å². The number of para-hydroxylation sites is 2. The summed E-state index contributed by atoms with van der Waals surface area (Å²) in [6, 6.07) is 24.1. The molecule has 0 aliphatic rings. The molecule has 160 valence electrons. The summed E-state index contributed by atoms with van der Waals surface area (Å²) in [5, 5.41) is 0. The van der Waals surface area contributed by atoms with Crippen molar-refractivity contribution in [2.75, 3.05) is 0 Å². The van der Waals surface area contributed by atoms with Crippen LogP contribution in [0.15, 0.2) is 107 Å². The van der Waals surface area contributed by atoms with E-state index in [9.17, 15) is 17.6 Å². The van der Waals surface area contributed by atoms with Crippen molar-refractivity contribution in [2.24, 2.45) is 9.98 Å². The van der Waals surface area contributed by atoms with Gasteiger partial charge in [-0.1, -0.05) is 48.5 Å². The van der Waals surface area contributed by atoms with Gasteiger partial charge in [-0.15, -0.1) is 0 Å². The molecule has 2 nitrogen and oxygen atoms in total. The van der Waals surface area contributed by atoms with E-state index in [1.807, 2.05) is 0 Å². The molecule has 0 aliphatic carbocycles. The molecule has 0 N–H and O–H groups in total. The summed E-state index contributed by atoms with van der Waals surface area (Å²) in [6.07, 6.45) is 3.00. The summed E-state index contributed by atoms with van der Waals surface area (Å²) in [7, 11) is 0. The van der Waals surface area contributed by atoms with Gasteiger partial charge in [-0.05, 0) is 59.7 Å². The van der Waals surface area contributed by atoms with Gasteiger partial charge in [0.15, 0.2) is 0 Å². The average Bonchev–Trinajstić information content (AvgIpc) is 2.81. The van der Waals surface area contributed by atoms with Gasteiger partial charge in [0.1, 0.15) is 23.3 Å². The smallest absolute Gasteiger partial charge is 0.148 e. The second kappa shape index (κ2) is 11.4. The van der Waals surface area contributed by atoms with Gasteiger partial charge in [0, 0.05) is 12.4 Å². The molecule has 0 atom stereocenters. The zero-order valence-corrected chi connectivity index (χ0v) is 16.8. The first-order valence-corrected chi connectivity index (χ1v) is 9.59. The van der Waals surface area contributed by atoms with E-state index < -0.39 is 0 Å². The van der Waals surface area contributed by atoms with Crippen molar-refractivity contribution in [1.29, 1.82) is 0 Å². The van der Waals surface area contributed by atoms with Crippen molar-refractivity contribution in [3.8, 4) is 0 Å². The highest BCUT2D eigenvalue weighted by molar-refractivity contribution is 5.82. The summed E-state index contributed by atoms with van der Waals surface area (Å²) < 4.78 is 51.6.